The average Bonchev–Trinajstić information content (AvgIpc) is 3.05. The lowest BCUT2D eigenvalue weighted by molar-refractivity contribution is 0.0635. The van der Waals surface area contributed by atoms with Crippen molar-refractivity contribution in [3.05, 3.63) is 47.2 Å². The van der Waals surface area contributed by atoms with Crippen molar-refractivity contribution in [2.45, 2.75) is 25.6 Å². The van der Waals surface area contributed by atoms with Gasteiger partial charge in [0.15, 0.2) is 11.6 Å². The number of likely N-dealkylation sites (tertiary alicyclic amines) is 1. The van der Waals surface area contributed by atoms with Crippen molar-refractivity contribution in [1.29, 1.82) is 0 Å². The Morgan fingerprint density at radius 3 is 2.97 bits per heavy atom. The smallest absolute Gasteiger partial charge is 0.255 e. The minimum Gasteiger partial charge on any atom is -0.488 e. The van der Waals surface area contributed by atoms with Crippen LogP contribution in [-0.4, -0.2) is 66.1 Å². The molecule has 5 rings (SSSR count). The number of benzene rings is 1. The van der Waals surface area contributed by atoms with E-state index in [-0.39, 0.29) is 18.4 Å². The fourth-order valence-electron chi connectivity index (χ4n) is 4.38. The molecule has 1 aromatic carbocycles. The number of rotatable bonds is 2. The summed E-state index contributed by atoms with van der Waals surface area (Å²) in [4.78, 5) is 34.7. The number of ether oxygens (including phenoxy) is 1. The lowest BCUT2D eigenvalue weighted by atomic mass is 10.1. The number of amides is 2. The van der Waals surface area contributed by atoms with Gasteiger partial charge < -0.3 is 19.4 Å². The first-order valence-corrected chi connectivity index (χ1v) is 10.2. The largest absolute Gasteiger partial charge is 0.488 e. The van der Waals surface area contributed by atoms with Gasteiger partial charge in [0.25, 0.3) is 11.8 Å². The number of carbonyl (C=O) groups is 2. The van der Waals surface area contributed by atoms with Crippen LogP contribution in [0, 0.1) is 0 Å². The molecule has 1 saturated heterocycles. The van der Waals surface area contributed by atoms with E-state index in [1.165, 1.54) is 6.20 Å². The minimum atomic E-state index is -0.967. The molecule has 2 amide bonds. The topological polar surface area (TPSA) is 66.0 Å². The minimum absolute atomic E-state index is 0.0356. The number of halogens is 1. The van der Waals surface area contributed by atoms with Crippen molar-refractivity contribution in [3.63, 3.8) is 0 Å². The van der Waals surface area contributed by atoms with E-state index in [2.05, 4.69) is 4.98 Å². The molecule has 0 saturated carbocycles. The second-order valence-electron chi connectivity index (χ2n) is 8.04. The molecule has 30 heavy (non-hydrogen) atoms. The van der Waals surface area contributed by atoms with Crippen LogP contribution in [0.2, 0.25) is 0 Å². The van der Waals surface area contributed by atoms with Gasteiger partial charge in [0.2, 0.25) is 0 Å². The second-order valence-corrected chi connectivity index (χ2v) is 8.04. The lowest BCUT2D eigenvalue weighted by Crippen LogP contribution is -2.40. The molecule has 1 atom stereocenters. The van der Waals surface area contributed by atoms with Gasteiger partial charge in [0.05, 0.1) is 18.7 Å². The van der Waals surface area contributed by atoms with E-state index in [1.807, 2.05) is 23.1 Å². The van der Waals surface area contributed by atoms with E-state index in [0.717, 1.165) is 16.8 Å². The molecule has 1 fully saturated rings. The van der Waals surface area contributed by atoms with Crippen molar-refractivity contribution < 1.29 is 18.7 Å². The van der Waals surface area contributed by atoms with E-state index in [4.69, 9.17) is 4.74 Å². The lowest BCUT2D eigenvalue weighted by Gasteiger charge is -2.32. The van der Waals surface area contributed by atoms with E-state index in [9.17, 15) is 14.0 Å². The van der Waals surface area contributed by atoms with Crippen LogP contribution in [0.15, 0.2) is 30.5 Å². The zero-order chi connectivity index (χ0) is 20.8. The van der Waals surface area contributed by atoms with E-state index < -0.39 is 6.17 Å². The molecule has 4 heterocycles. The van der Waals surface area contributed by atoms with Crippen LogP contribution >= 0.6 is 0 Å². The number of fused-ring (bicyclic) bond motifs is 2. The molecule has 3 aliphatic heterocycles. The van der Waals surface area contributed by atoms with Gasteiger partial charge in [-0.15, -0.1) is 0 Å². The van der Waals surface area contributed by atoms with Gasteiger partial charge >= 0.3 is 0 Å². The maximum atomic E-state index is 13.7. The van der Waals surface area contributed by atoms with Crippen molar-refractivity contribution >= 4 is 23.3 Å². The summed E-state index contributed by atoms with van der Waals surface area (Å²) in [7, 11) is 1.79. The first-order chi connectivity index (χ1) is 14.5. The third-order valence-corrected chi connectivity index (χ3v) is 5.94. The van der Waals surface area contributed by atoms with Gasteiger partial charge in [-0.3, -0.25) is 9.59 Å². The third kappa shape index (κ3) is 3.16. The molecule has 8 heteroatoms. The van der Waals surface area contributed by atoms with Crippen LogP contribution in [0.25, 0.3) is 0 Å². The highest BCUT2D eigenvalue weighted by Gasteiger charge is 2.29. The zero-order valence-electron chi connectivity index (χ0n) is 16.8. The number of carbonyl (C=O) groups excluding carboxylic acids is 2. The number of pyridine rings is 1. The Balaban J connectivity index is 1.42. The number of piperidine rings is 1. The third-order valence-electron chi connectivity index (χ3n) is 5.94. The quantitative estimate of drug-likeness (QED) is 0.762. The highest BCUT2D eigenvalue weighted by molar-refractivity contribution is 5.99. The summed E-state index contributed by atoms with van der Waals surface area (Å²) in [5, 5.41) is 0. The Morgan fingerprint density at radius 2 is 2.13 bits per heavy atom. The summed E-state index contributed by atoms with van der Waals surface area (Å²) < 4.78 is 19.5. The SMILES string of the molecule is CN1Cc2cc(N3CCOc4cc(C(=O)N5CCC[C@@H](F)C5)cnc43)ccc2C1=O. The van der Waals surface area contributed by atoms with Gasteiger partial charge in [-0.2, -0.15) is 0 Å². The molecule has 3 aliphatic rings. The summed E-state index contributed by atoms with van der Waals surface area (Å²) in [6, 6.07) is 7.49. The fourth-order valence-corrected chi connectivity index (χ4v) is 4.38. The first-order valence-electron chi connectivity index (χ1n) is 10.2. The Labute approximate surface area is 174 Å². The van der Waals surface area contributed by atoms with E-state index >= 15 is 0 Å². The fraction of sp³-hybridized carbons (Fsp3) is 0.409. The van der Waals surface area contributed by atoms with E-state index in [1.54, 1.807) is 22.9 Å². The number of hydrogen-bond acceptors (Lipinski definition) is 5. The zero-order valence-corrected chi connectivity index (χ0v) is 16.8. The summed E-state index contributed by atoms with van der Waals surface area (Å²) in [6.07, 6.45) is 1.75. The number of aromatic nitrogens is 1. The summed E-state index contributed by atoms with van der Waals surface area (Å²) >= 11 is 0. The first kappa shape index (κ1) is 18.8. The number of alkyl halides is 1. The Bertz CT molecular complexity index is 1030. The normalized spacial score (nSPS) is 20.7. The molecule has 7 nitrogen and oxygen atoms in total. The predicted octanol–water partition coefficient (Wildman–Crippen LogP) is 2.77. The van der Waals surface area contributed by atoms with Crippen LogP contribution in [0.3, 0.4) is 0 Å². The maximum absolute atomic E-state index is 13.7. The van der Waals surface area contributed by atoms with Crippen molar-refractivity contribution in [2.24, 2.45) is 0 Å². The molecule has 0 aliphatic carbocycles. The molecule has 0 unspecified atom stereocenters. The monoisotopic (exact) mass is 410 g/mol. The summed E-state index contributed by atoms with van der Waals surface area (Å²) in [5.41, 5.74) is 3.07. The summed E-state index contributed by atoms with van der Waals surface area (Å²) in [5.74, 6) is 0.993. The molecule has 0 bridgehead atoms. The predicted molar refractivity (Wildman–Crippen MR) is 109 cm³/mol. The Morgan fingerprint density at radius 1 is 1.27 bits per heavy atom. The molecule has 0 N–H and O–H groups in total. The van der Waals surface area contributed by atoms with Gasteiger partial charge in [0, 0.05) is 37.6 Å². The number of anilines is 2. The summed E-state index contributed by atoms with van der Waals surface area (Å²) in [6.45, 7) is 2.35. The highest BCUT2D eigenvalue weighted by atomic mass is 19.1. The van der Waals surface area contributed by atoms with Crippen LogP contribution in [0.5, 0.6) is 5.75 Å². The molecule has 156 valence electrons. The molecule has 1 aromatic heterocycles. The van der Waals surface area contributed by atoms with Gasteiger partial charge in [-0.05, 0) is 42.7 Å². The van der Waals surface area contributed by atoms with Gasteiger partial charge in [-0.25, -0.2) is 9.37 Å². The molecular formula is C22H23FN4O3. The standard InChI is InChI=1S/C22H23FN4O3/c1-25-12-15-9-17(4-5-18(15)22(25)29)27-7-8-30-19-10-14(11-24-20(19)27)21(28)26-6-2-3-16(23)13-26/h4-5,9-11,16H,2-3,6-8,12-13H2,1H3/t16-/m1/s1. The van der Waals surface area contributed by atoms with Crippen LogP contribution in [0.1, 0.15) is 39.1 Å². The van der Waals surface area contributed by atoms with Crippen LogP contribution < -0.4 is 9.64 Å². The van der Waals surface area contributed by atoms with Crippen molar-refractivity contribution in [2.75, 3.05) is 38.2 Å². The highest BCUT2D eigenvalue weighted by Crippen LogP contribution is 2.37. The van der Waals surface area contributed by atoms with Crippen LogP contribution in [0.4, 0.5) is 15.9 Å². The number of nitrogens with zero attached hydrogens (tertiary/aromatic N) is 4. The Kier molecular flexibility index (Phi) is 4.56. The Hall–Kier alpha value is -3.16. The van der Waals surface area contributed by atoms with Crippen molar-refractivity contribution in [1.82, 2.24) is 14.8 Å². The molecular weight excluding hydrogens is 387 g/mol. The van der Waals surface area contributed by atoms with Crippen molar-refractivity contribution in [3.8, 4) is 5.75 Å². The molecule has 2 aromatic rings. The molecule has 0 radical (unpaired) electrons. The molecule has 0 spiro atoms. The number of hydrogen-bond donors (Lipinski definition) is 0. The second kappa shape index (κ2) is 7.27. The van der Waals surface area contributed by atoms with Gasteiger partial charge in [0.1, 0.15) is 12.8 Å². The van der Waals surface area contributed by atoms with Gasteiger partial charge in [-0.1, -0.05) is 0 Å². The average molecular weight is 410 g/mol. The van der Waals surface area contributed by atoms with Crippen LogP contribution in [-0.2, 0) is 6.54 Å². The maximum Gasteiger partial charge on any atom is 0.255 e. The van der Waals surface area contributed by atoms with E-state index in [0.29, 0.717) is 56.2 Å².